The quantitative estimate of drug-likeness (QED) is 0.549. The number of nitrogens with two attached hydrogens (primary N) is 1. The van der Waals surface area contributed by atoms with Gasteiger partial charge in [-0.25, -0.2) is 4.79 Å². The highest BCUT2D eigenvalue weighted by Gasteiger charge is 2.12. The number of carbonyl (C=O) groups is 1. The molecule has 0 aliphatic heterocycles. The molecule has 6 nitrogen and oxygen atoms in total. The third-order valence-electron chi connectivity index (χ3n) is 1.66. The lowest BCUT2D eigenvalue weighted by atomic mass is 10.5. The summed E-state index contributed by atoms with van der Waals surface area (Å²) >= 11 is 0. The fraction of sp³-hybridized carbons (Fsp3) is 0.400. The van der Waals surface area contributed by atoms with E-state index in [0.717, 1.165) is 0 Å². The average Bonchev–Trinajstić information content (AvgIpc) is 2.73. The molecule has 1 aromatic rings. The number of nitrogens with zero attached hydrogens (tertiary/aromatic N) is 1. The SMILES string of the molecule is CCOC(=O)c1coc(NC/C=C/CN)n1. The van der Waals surface area contributed by atoms with Gasteiger partial charge >= 0.3 is 5.97 Å². The van der Waals surface area contributed by atoms with E-state index in [1.807, 2.05) is 12.2 Å². The Kier molecular flexibility index (Phi) is 5.07. The number of hydrogen-bond donors (Lipinski definition) is 2. The summed E-state index contributed by atoms with van der Waals surface area (Å²) in [5, 5.41) is 2.87. The summed E-state index contributed by atoms with van der Waals surface area (Å²) in [6.45, 7) is 3.07. The van der Waals surface area contributed by atoms with E-state index in [9.17, 15) is 4.79 Å². The molecule has 0 saturated heterocycles. The van der Waals surface area contributed by atoms with Crippen molar-refractivity contribution in [2.45, 2.75) is 6.92 Å². The zero-order valence-electron chi connectivity index (χ0n) is 9.10. The largest absolute Gasteiger partial charge is 0.461 e. The van der Waals surface area contributed by atoms with Crippen LogP contribution in [0.15, 0.2) is 22.8 Å². The maximum Gasteiger partial charge on any atom is 0.360 e. The van der Waals surface area contributed by atoms with E-state index < -0.39 is 5.97 Å². The van der Waals surface area contributed by atoms with Gasteiger partial charge in [0.05, 0.1) is 6.61 Å². The van der Waals surface area contributed by atoms with Gasteiger partial charge in [-0.3, -0.25) is 0 Å². The van der Waals surface area contributed by atoms with Gasteiger partial charge in [0.2, 0.25) is 0 Å². The molecule has 0 unspecified atom stereocenters. The van der Waals surface area contributed by atoms with Crippen LogP contribution in [-0.4, -0.2) is 30.6 Å². The van der Waals surface area contributed by atoms with Gasteiger partial charge in [-0.2, -0.15) is 4.98 Å². The van der Waals surface area contributed by atoms with E-state index in [-0.39, 0.29) is 11.7 Å². The van der Waals surface area contributed by atoms with Crippen molar-refractivity contribution in [2.75, 3.05) is 25.0 Å². The molecule has 16 heavy (non-hydrogen) atoms. The number of aromatic nitrogens is 1. The highest BCUT2D eigenvalue weighted by Crippen LogP contribution is 2.08. The van der Waals surface area contributed by atoms with Crippen molar-refractivity contribution in [3.63, 3.8) is 0 Å². The van der Waals surface area contributed by atoms with Gasteiger partial charge in [-0.05, 0) is 6.92 Å². The van der Waals surface area contributed by atoms with Crippen molar-refractivity contribution in [3.8, 4) is 0 Å². The average molecular weight is 225 g/mol. The summed E-state index contributed by atoms with van der Waals surface area (Å²) in [5.41, 5.74) is 5.43. The fourth-order valence-electron chi connectivity index (χ4n) is 0.980. The molecule has 1 rings (SSSR count). The van der Waals surface area contributed by atoms with Gasteiger partial charge in [-0.1, -0.05) is 12.2 Å². The fourth-order valence-corrected chi connectivity index (χ4v) is 0.980. The van der Waals surface area contributed by atoms with Crippen molar-refractivity contribution in [1.29, 1.82) is 0 Å². The molecular formula is C10H15N3O3. The molecule has 0 aliphatic rings. The standard InChI is InChI=1S/C10H15N3O3/c1-2-15-9(14)8-7-16-10(13-8)12-6-4-3-5-11/h3-4,7H,2,5-6,11H2,1H3,(H,12,13)/b4-3+. The van der Waals surface area contributed by atoms with Crippen molar-refractivity contribution in [2.24, 2.45) is 5.73 Å². The monoisotopic (exact) mass is 225 g/mol. The third-order valence-corrected chi connectivity index (χ3v) is 1.66. The molecule has 1 aromatic heterocycles. The lowest BCUT2D eigenvalue weighted by molar-refractivity contribution is 0.0519. The lowest BCUT2D eigenvalue weighted by Crippen LogP contribution is -2.05. The van der Waals surface area contributed by atoms with Gasteiger partial charge in [0.25, 0.3) is 6.01 Å². The Morgan fingerprint density at radius 2 is 2.50 bits per heavy atom. The number of rotatable bonds is 6. The summed E-state index contributed by atoms with van der Waals surface area (Å²) in [4.78, 5) is 15.1. The van der Waals surface area contributed by atoms with Crippen LogP contribution < -0.4 is 11.1 Å². The second-order valence-corrected chi connectivity index (χ2v) is 2.85. The second kappa shape index (κ2) is 6.62. The zero-order valence-corrected chi connectivity index (χ0v) is 9.10. The maximum atomic E-state index is 11.2. The number of anilines is 1. The molecule has 0 aliphatic carbocycles. The summed E-state index contributed by atoms with van der Waals surface area (Å²) in [6.07, 6.45) is 4.91. The topological polar surface area (TPSA) is 90.4 Å². The van der Waals surface area contributed by atoms with Crippen LogP contribution in [0.25, 0.3) is 0 Å². The molecule has 1 heterocycles. The van der Waals surface area contributed by atoms with E-state index in [4.69, 9.17) is 14.9 Å². The van der Waals surface area contributed by atoms with Crippen LogP contribution in [0.5, 0.6) is 0 Å². The second-order valence-electron chi connectivity index (χ2n) is 2.85. The summed E-state index contributed by atoms with van der Waals surface area (Å²) in [5.74, 6) is -0.489. The summed E-state index contributed by atoms with van der Waals surface area (Å²) in [6, 6.07) is 0.282. The smallest absolute Gasteiger partial charge is 0.360 e. The minimum Gasteiger partial charge on any atom is -0.461 e. The minimum atomic E-state index is -0.489. The number of nitrogens with one attached hydrogen (secondary N) is 1. The number of oxazole rings is 1. The van der Waals surface area contributed by atoms with Crippen molar-refractivity contribution in [1.82, 2.24) is 4.98 Å². The van der Waals surface area contributed by atoms with Crippen LogP contribution >= 0.6 is 0 Å². The molecule has 0 amide bonds. The highest BCUT2D eigenvalue weighted by atomic mass is 16.5. The summed E-state index contributed by atoms with van der Waals surface area (Å²) in [7, 11) is 0. The normalized spacial score (nSPS) is 10.6. The van der Waals surface area contributed by atoms with E-state index in [1.165, 1.54) is 6.26 Å². The van der Waals surface area contributed by atoms with Crippen LogP contribution in [0.1, 0.15) is 17.4 Å². The van der Waals surface area contributed by atoms with Crippen molar-refractivity contribution in [3.05, 3.63) is 24.1 Å². The van der Waals surface area contributed by atoms with Gasteiger partial charge in [0, 0.05) is 13.1 Å². The Balaban J connectivity index is 2.45. The van der Waals surface area contributed by atoms with Crippen LogP contribution in [0.3, 0.4) is 0 Å². The van der Waals surface area contributed by atoms with Gasteiger partial charge in [0.1, 0.15) is 6.26 Å². The first-order valence-electron chi connectivity index (χ1n) is 4.99. The molecule has 0 radical (unpaired) electrons. The maximum absolute atomic E-state index is 11.2. The molecular weight excluding hydrogens is 210 g/mol. The molecule has 0 atom stereocenters. The summed E-state index contributed by atoms with van der Waals surface area (Å²) < 4.78 is 9.79. The first-order valence-corrected chi connectivity index (χ1v) is 4.99. The van der Waals surface area contributed by atoms with Crippen LogP contribution in [0.2, 0.25) is 0 Å². The van der Waals surface area contributed by atoms with Gasteiger partial charge in [-0.15, -0.1) is 0 Å². The lowest BCUT2D eigenvalue weighted by Gasteiger charge is -1.96. The van der Waals surface area contributed by atoms with E-state index >= 15 is 0 Å². The van der Waals surface area contributed by atoms with E-state index in [0.29, 0.717) is 19.7 Å². The first-order chi connectivity index (χ1) is 7.77. The Labute approximate surface area is 93.5 Å². The first kappa shape index (κ1) is 12.3. The number of hydrogen-bond acceptors (Lipinski definition) is 6. The third kappa shape index (κ3) is 3.74. The van der Waals surface area contributed by atoms with Crippen LogP contribution in [-0.2, 0) is 4.74 Å². The van der Waals surface area contributed by atoms with E-state index in [1.54, 1.807) is 6.92 Å². The zero-order chi connectivity index (χ0) is 11.8. The number of carbonyl (C=O) groups excluding carboxylic acids is 1. The van der Waals surface area contributed by atoms with E-state index in [2.05, 4.69) is 10.3 Å². The highest BCUT2D eigenvalue weighted by molar-refractivity contribution is 5.87. The number of ether oxygens (including phenoxy) is 1. The van der Waals surface area contributed by atoms with Gasteiger partial charge < -0.3 is 20.2 Å². The number of esters is 1. The van der Waals surface area contributed by atoms with Gasteiger partial charge in [0.15, 0.2) is 5.69 Å². The van der Waals surface area contributed by atoms with Crippen molar-refractivity contribution >= 4 is 12.0 Å². The van der Waals surface area contributed by atoms with Crippen LogP contribution in [0, 0.1) is 0 Å². The molecule has 0 fully saturated rings. The molecule has 6 heteroatoms. The van der Waals surface area contributed by atoms with Crippen molar-refractivity contribution < 1.29 is 13.9 Å². The predicted octanol–water partition coefficient (Wildman–Crippen LogP) is 0.778. The Morgan fingerprint density at radius 1 is 1.69 bits per heavy atom. The molecule has 0 spiro atoms. The molecule has 0 saturated carbocycles. The Bertz CT molecular complexity index is 360. The van der Waals surface area contributed by atoms with Crippen LogP contribution in [0.4, 0.5) is 6.01 Å². The molecule has 0 aromatic carbocycles. The molecule has 88 valence electrons. The minimum absolute atomic E-state index is 0.159. The Morgan fingerprint density at radius 3 is 3.19 bits per heavy atom. The molecule has 0 bridgehead atoms. The Hall–Kier alpha value is -1.82. The molecule has 3 N–H and O–H groups in total. The predicted molar refractivity (Wildman–Crippen MR) is 59.1 cm³/mol.